The quantitative estimate of drug-likeness (QED) is 0.855. The summed E-state index contributed by atoms with van der Waals surface area (Å²) in [6, 6.07) is 2.36. The molecule has 0 saturated carbocycles. The smallest absolute Gasteiger partial charge is 0.107 e. The predicted molar refractivity (Wildman–Crippen MR) is 58.6 cm³/mol. The average molecular weight is 283 g/mol. The zero-order chi connectivity index (χ0) is 9.26. The van der Waals surface area contributed by atoms with Gasteiger partial charge in [0.2, 0.25) is 0 Å². The Morgan fingerprint density at radius 3 is 3.08 bits per heavy atom. The first-order valence-corrected chi connectivity index (χ1v) is 6.02. The summed E-state index contributed by atoms with van der Waals surface area (Å²) in [6.07, 6.45) is 0. The molecule has 2 rings (SSSR count). The van der Waals surface area contributed by atoms with Crippen LogP contribution >= 0.6 is 38.9 Å². The van der Waals surface area contributed by atoms with E-state index >= 15 is 0 Å². The third-order valence-corrected chi connectivity index (χ3v) is 4.52. The summed E-state index contributed by atoms with van der Waals surface area (Å²) in [4.78, 5) is 1.23. The zero-order valence-corrected chi connectivity index (χ0v) is 10.0. The second-order valence-electron chi connectivity index (χ2n) is 2.85. The van der Waals surface area contributed by atoms with Crippen LogP contribution in [0.1, 0.15) is 10.9 Å². The summed E-state index contributed by atoms with van der Waals surface area (Å²) in [7, 11) is 0. The van der Waals surface area contributed by atoms with Crippen LogP contribution in [0.3, 0.4) is 0 Å². The molecule has 5 heteroatoms. The summed E-state index contributed by atoms with van der Waals surface area (Å²) in [5, 5.41) is 3.38. The van der Waals surface area contributed by atoms with E-state index in [1.54, 1.807) is 11.3 Å². The van der Waals surface area contributed by atoms with Crippen LogP contribution in [0.25, 0.3) is 0 Å². The Bertz CT molecular complexity index is 279. The molecule has 0 aromatic carbocycles. The maximum absolute atomic E-state index is 5.95. The first kappa shape index (κ1) is 9.93. The van der Waals surface area contributed by atoms with Gasteiger partial charge in [-0.25, -0.2) is 0 Å². The molecule has 0 aliphatic carbocycles. The topological polar surface area (TPSA) is 21.3 Å². The summed E-state index contributed by atoms with van der Waals surface area (Å²) >= 11 is 10.9. The van der Waals surface area contributed by atoms with Gasteiger partial charge in [-0.2, -0.15) is 0 Å². The fourth-order valence-corrected chi connectivity index (χ4v) is 3.08. The molecular weight excluding hydrogens is 274 g/mol. The predicted octanol–water partition coefficient (Wildman–Crippen LogP) is 2.82. The molecule has 72 valence electrons. The van der Waals surface area contributed by atoms with Crippen LogP contribution in [0.5, 0.6) is 0 Å². The number of rotatable bonds is 1. The maximum atomic E-state index is 5.95. The fraction of sp³-hybridized carbons (Fsp3) is 0.500. The zero-order valence-electron chi connectivity index (χ0n) is 6.85. The fourth-order valence-electron chi connectivity index (χ4n) is 1.28. The second-order valence-corrected chi connectivity index (χ2v) is 5.39. The van der Waals surface area contributed by atoms with E-state index in [1.807, 2.05) is 0 Å². The van der Waals surface area contributed by atoms with E-state index in [0.717, 1.165) is 28.6 Å². The molecule has 1 N–H and O–H groups in total. The number of hydrogen-bond donors (Lipinski definition) is 1. The lowest BCUT2D eigenvalue weighted by Crippen LogP contribution is -2.33. The van der Waals surface area contributed by atoms with E-state index in [4.69, 9.17) is 16.3 Å². The van der Waals surface area contributed by atoms with Gasteiger partial charge in [0, 0.05) is 15.9 Å². The van der Waals surface area contributed by atoms with E-state index in [2.05, 4.69) is 27.3 Å². The van der Waals surface area contributed by atoms with Gasteiger partial charge in [-0.1, -0.05) is 11.6 Å². The van der Waals surface area contributed by atoms with E-state index in [1.165, 1.54) is 4.88 Å². The first-order valence-electron chi connectivity index (χ1n) is 4.03. The van der Waals surface area contributed by atoms with Crippen molar-refractivity contribution < 1.29 is 4.74 Å². The minimum atomic E-state index is 0.308. The van der Waals surface area contributed by atoms with Gasteiger partial charge < -0.3 is 10.1 Å². The number of hydrogen-bond acceptors (Lipinski definition) is 3. The van der Waals surface area contributed by atoms with Crippen molar-refractivity contribution in [1.29, 1.82) is 0 Å². The molecule has 2 heterocycles. The molecule has 1 aromatic heterocycles. The molecule has 1 fully saturated rings. The average Bonchev–Trinajstić information content (AvgIpc) is 2.49. The third kappa shape index (κ3) is 2.25. The molecule has 1 aromatic rings. The van der Waals surface area contributed by atoms with Gasteiger partial charge in [0.1, 0.15) is 4.34 Å². The number of nitrogens with one attached hydrogen (secondary N) is 1. The Balaban J connectivity index is 2.14. The molecule has 0 radical (unpaired) electrons. The Hall–Kier alpha value is 0.390. The first-order chi connectivity index (χ1) is 6.27. The van der Waals surface area contributed by atoms with Gasteiger partial charge in [0.05, 0.1) is 19.3 Å². The lowest BCUT2D eigenvalue weighted by Gasteiger charge is -2.22. The molecule has 1 saturated heterocycles. The highest BCUT2D eigenvalue weighted by molar-refractivity contribution is 9.10. The minimum Gasteiger partial charge on any atom is -0.378 e. The molecule has 13 heavy (non-hydrogen) atoms. The number of ether oxygens (including phenoxy) is 1. The van der Waals surface area contributed by atoms with Crippen molar-refractivity contribution >= 4 is 38.9 Å². The van der Waals surface area contributed by atoms with E-state index < -0.39 is 0 Å². The summed E-state index contributed by atoms with van der Waals surface area (Å²) in [6.45, 7) is 2.46. The Labute approximate surface area is 94.4 Å². The summed E-state index contributed by atoms with van der Waals surface area (Å²) < 4.78 is 7.15. The molecule has 1 aliphatic rings. The molecule has 0 bridgehead atoms. The van der Waals surface area contributed by atoms with Gasteiger partial charge >= 0.3 is 0 Å². The normalized spacial score (nSPS) is 23.4. The van der Waals surface area contributed by atoms with Crippen LogP contribution < -0.4 is 5.32 Å². The second kappa shape index (κ2) is 4.28. The molecule has 0 amide bonds. The SMILES string of the molecule is Clc1sc(C2COCCN2)cc1Br. The van der Waals surface area contributed by atoms with Gasteiger partial charge in [0.25, 0.3) is 0 Å². The Morgan fingerprint density at radius 2 is 2.54 bits per heavy atom. The van der Waals surface area contributed by atoms with Crippen molar-refractivity contribution in [2.75, 3.05) is 19.8 Å². The molecule has 2 nitrogen and oxygen atoms in total. The van der Waals surface area contributed by atoms with Crippen molar-refractivity contribution in [2.24, 2.45) is 0 Å². The molecule has 0 spiro atoms. The third-order valence-electron chi connectivity index (χ3n) is 1.93. The number of morpholine rings is 1. The van der Waals surface area contributed by atoms with Crippen molar-refractivity contribution in [3.05, 3.63) is 19.8 Å². The van der Waals surface area contributed by atoms with Crippen LogP contribution in [0, 0.1) is 0 Å². The molecule has 1 aliphatic heterocycles. The number of halogens is 2. The van der Waals surface area contributed by atoms with E-state index in [-0.39, 0.29) is 0 Å². The maximum Gasteiger partial charge on any atom is 0.107 e. The standard InChI is InChI=1S/C8H9BrClNOS/c9-5-3-7(13-8(5)10)6-4-12-2-1-11-6/h3,6,11H,1-2,4H2. The van der Waals surface area contributed by atoms with Crippen LogP contribution in [0.4, 0.5) is 0 Å². The lowest BCUT2D eigenvalue weighted by atomic mass is 10.2. The lowest BCUT2D eigenvalue weighted by molar-refractivity contribution is 0.0779. The van der Waals surface area contributed by atoms with Crippen molar-refractivity contribution in [3.8, 4) is 0 Å². The van der Waals surface area contributed by atoms with Gasteiger partial charge in [-0.15, -0.1) is 11.3 Å². The van der Waals surface area contributed by atoms with Gasteiger partial charge in [-0.3, -0.25) is 0 Å². The van der Waals surface area contributed by atoms with Crippen LogP contribution in [-0.4, -0.2) is 19.8 Å². The molecule has 1 atom stereocenters. The van der Waals surface area contributed by atoms with Crippen LogP contribution in [0.15, 0.2) is 10.5 Å². The minimum absolute atomic E-state index is 0.308. The highest BCUT2D eigenvalue weighted by Crippen LogP contribution is 2.35. The summed E-state index contributed by atoms with van der Waals surface area (Å²) in [5.41, 5.74) is 0. The van der Waals surface area contributed by atoms with Crippen molar-refractivity contribution in [1.82, 2.24) is 5.32 Å². The van der Waals surface area contributed by atoms with Gasteiger partial charge in [-0.05, 0) is 22.0 Å². The monoisotopic (exact) mass is 281 g/mol. The number of thiophene rings is 1. The van der Waals surface area contributed by atoms with Gasteiger partial charge in [0.15, 0.2) is 0 Å². The van der Waals surface area contributed by atoms with Crippen molar-refractivity contribution in [2.45, 2.75) is 6.04 Å². The highest BCUT2D eigenvalue weighted by atomic mass is 79.9. The summed E-state index contributed by atoms with van der Waals surface area (Å²) in [5.74, 6) is 0. The van der Waals surface area contributed by atoms with Crippen LogP contribution in [-0.2, 0) is 4.74 Å². The Kier molecular flexibility index (Phi) is 3.26. The highest BCUT2D eigenvalue weighted by Gasteiger charge is 2.18. The van der Waals surface area contributed by atoms with Crippen LogP contribution in [0.2, 0.25) is 4.34 Å². The van der Waals surface area contributed by atoms with E-state index in [9.17, 15) is 0 Å². The largest absolute Gasteiger partial charge is 0.378 e. The van der Waals surface area contributed by atoms with Crippen molar-refractivity contribution in [3.63, 3.8) is 0 Å². The molecular formula is C8H9BrClNOS. The van der Waals surface area contributed by atoms with E-state index in [0.29, 0.717) is 6.04 Å². The Morgan fingerprint density at radius 1 is 1.69 bits per heavy atom. The molecule has 1 unspecified atom stereocenters.